The first-order valence-electron chi connectivity index (χ1n) is 11.1. The van der Waals surface area contributed by atoms with Crippen molar-refractivity contribution in [3.63, 3.8) is 0 Å². The van der Waals surface area contributed by atoms with Crippen LogP contribution in [0.4, 0.5) is 10.5 Å². The van der Waals surface area contributed by atoms with Crippen LogP contribution in [0.25, 0.3) is 0 Å². The number of piperidine rings is 1. The molecule has 0 aromatic heterocycles. The van der Waals surface area contributed by atoms with Crippen LogP contribution >= 0.6 is 0 Å². The van der Waals surface area contributed by atoms with E-state index in [9.17, 15) is 9.90 Å². The zero-order chi connectivity index (χ0) is 20.7. The number of anilines is 1. The van der Waals surface area contributed by atoms with Crippen LogP contribution in [-0.4, -0.2) is 54.0 Å². The van der Waals surface area contributed by atoms with Crippen LogP contribution in [-0.2, 0) is 4.74 Å². The topological polar surface area (TPSA) is 71.0 Å². The second-order valence-electron chi connectivity index (χ2n) is 8.49. The maximum Gasteiger partial charge on any atom is 0.321 e. The van der Waals surface area contributed by atoms with E-state index in [4.69, 9.17) is 9.47 Å². The molecule has 0 aliphatic carbocycles. The highest BCUT2D eigenvalue weighted by Gasteiger charge is 2.35. The number of benzene rings is 1. The fourth-order valence-corrected chi connectivity index (χ4v) is 4.28. The highest BCUT2D eigenvalue weighted by molar-refractivity contribution is 5.89. The molecule has 1 aromatic carbocycles. The van der Waals surface area contributed by atoms with Gasteiger partial charge in [-0.2, -0.15) is 0 Å². The van der Waals surface area contributed by atoms with Gasteiger partial charge in [-0.1, -0.05) is 32.8 Å². The zero-order valence-electron chi connectivity index (χ0n) is 17.9. The highest BCUT2D eigenvalue weighted by atomic mass is 16.5. The maximum atomic E-state index is 12.7. The van der Waals surface area contributed by atoms with Crippen LogP contribution < -0.4 is 10.1 Å². The van der Waals surface area contributed by atoms with Gasteiger partial charge in [-0.25, -0.2) is 4.79 Å². The monoisotopic (exact) mass is 404 g/mol. The van der Waals surface area contributed by atoms with Crippen molar-refractivity contribution in [2.45, 2.75) is 70.5 Å². The van der Waals surface area contributed by atoms with Crippen molar-refractivity contribution >= 4 is 11.7 Å². The molecular weight excluding hydrogens is 368 g/mol. The van der Waals surface area contributed by atoms with Gasteiger partial charge in [0.1, 0.15) is 11.9 Å². The third kappa shape index (κ3) is 6.34. The van der Waals surface area contributed by atoms with Crippen molar-refractivity contribution in [3.05, 3.63) is 24.3 Å². The van der Waals surface area contributed by atoms with Gasteiger partial charge in [-0.05, 0) is 37.3 Å². The first kappa shape index (κ1) is 21.9. The minimum Gasteiger partial charge on any atom is -0.490 e. The normalized spacial score (nSPS) is 19.9. The summed E-state index contributed by atoms with van der Waals surface area (Å²) in [4.78, 5) is 14.5. The maximum absolute atomic E-state index is 12.7. The third-order valence-electron chi connectivity index (χ3n) is 6.36. The molecule has 2 saturated heterocycles. The minimum atomic E-state index is -0.634. The number of hydrogen-bond acceptors (Lipinski definition) is 4. The molecule has 0 atom stereocenters. The van der Waals surface area contributed by atoms with Gasteiger partial charge in [0.25, 0.3) is 0 Å². The predicted octanol–water partition coefficient (Wildman–Crippen LogP) is 4.43. The van der Waals surface area contributed by atoms with E-state index < -0.39 is 5.60 Å². The summed E-state index contributed by atoms with van der Waals surface area (Å²) in [6, 6.07) is 7.46. The van der Waals surface area contributed by atoms with E-state index in [1.807, 2.05) is 24.3 Å². The van der Waals surface area contributed by atoms with Gasteiger partial charge in [-0.3, -0.25) is 0 Å². The van der Waals surface area contributed by atoms with E-state index in [0.29, 0.717) is 31.8 Å². The molecule has 0 spiro atoms. The lowest BCUT2D eigenvalue weighted by Crippen LogP contribution is -2.48. The number of nitrogens with zero attached hydrogens (tertiary/aromatic N) is 1. The Morgan fingerprint density at radius 1 is 1.28 bits per heavy atom. The summed E-state index contributed by atoms with van der Waals surface area (Å²) in [7, 11) is 0. The second-order valence-corrected chi connectivity index (χ2v) is 8.49. The van der Waals surface area contributed by atoms with Crippen molar-refractivity contribution in [2.24, 2.45) is 5.92 Å². The number of rotatable bonds is 7. The summed E-state index contributed by atoms with van der Waals surface area (Å²) in [5.74, 6) is 1.33. The van der Waals surface area contributed by atoms with Crippen LogP contribution in [0, 0.1) is 5.92 Å². The molecule has 0 saturated carbocycles. The summed E-state index contributed by atoms with van der Waals surface area (Å²) < 4.78 is 11.4. The molecule has 0 bridgehead atoms. The molecule has 6 nitrogen and oxygen atoms in total. The number of hydrogen-bond donors (Lipinski definition) is 2. The standard InChI is InChI=1S/C23H36N2O4/c1-3-18(4-2)17-23(27)10-12-25(13-11-23)22(26)24-19-6-5-7-21(16-19)29-20-8-14-28-15-9-20/h5-7,16,18,20,27H,3-4,8-15,17H2,1-2H3,(H,24,26). The summed E-state index contributed by atoms with van der Waals surface area (Å²) in [6.45, 7) is 7.00. The Bertz CT molecular complexity index is 648. The minimum absolute atomic E-state index is 0.113. The Morgan fingerprint density at radius 2 is 1.97 bits per heavy atom. The van der Waals surface area contributed by atoms with Gasteiger partial charge >= 0.3 is 6.03 Å². The summed E-state index contributed by atoms with van der Waals surface area (Å²) in [6.07, 6.45) is 6.26. The largest absolute Gasteiger partial charge is 0.490 e. The van der Waals surface area contributed by atoms with Gasteiger partial charge in [-0.15, -0.1) is 0 Å². The van der Waals surface area contributed by atoms with E-state index >= 15 is 0 Å². The second kappa shape index (κ2) is 10.3. The first-order chi connectivity index (χ1) is 14.0. The number of carbonyl (C=O) groups is 1. The Labute approximate surface area is 174 Å². The summed E-state index contributed by atoms with van der Waals surface area (Å²) in [5, 5.41) is 13.9. The molecule has 2 amide bonds. The third-order valence-corrected chi connectivity index (χ3v) is 6.36. The van der Waals surface area contributed by atoms with E-state index in [0.717, 1.165) is 56.8 Å². The van der Waals surface area contributed by atoms with Crippen LogP contribution in [0.5, 0.6) is 5.75 Å². The number of ether oxygens (including phenoxy) is 2. The molecule has 2 N–H and O–H groups in total. The number of urea groups is 1. The zero-order valence-corrected chi connectivity index (χ0v) is 17.9. The lowest BCUT2D eigenvalue weighted by atomic mass is 9.81. The number of likely N-dealkylation sites (tertiary alicyclic amines) is 1. The molecule has 0 radical (unpaired) electrons. The van der Waals surface area contributed by atoms with E-state index in [-0.39, 0.29) is 12.1 Å². The Balaban J connectivity index is 1.50. The lowest BCUT2D eigenvalue weighted by Gasteiger charge is -2.39. The van der Waals surface area contributed by atoms with E-state index in [1.165, 1.54) is 0 Å². The average molecular weight is 405 g/mol. The molecular formula is C23H36N2O4. The number of aliphatic hydroxyl groups is 1. The van der Waals surface area contributed by atoms with Crippen LogP contribution in [0.2, 0.25) is 0 Å². The summed E-state index contributed by atoms with van der Waals surface area (Å²) in [5.41, 5.74) is 0.0997. The van der Waals surface area contributed by atoms with Crippen molar-refractivity contribution < 1.29 is 19.4 Å². The highest BCUT2D eigenvalue weighted by Crippen LogP contribution is 2.32. The van der Waals surface area contributed by atoms with Gasteiger partial charge < -0.3 is 24.8 Å². The lowest BCUT2D eigenvalue weighted by molar-refractivity contribution is -0.0309. The van der Waals surface area contributed by atoms with Crippen molar-refractivity contribution in [1.82, 2.24) is 4.90 Å². The van der Waals surface area contributed by atoms with Gasteiger partial charge in [0.2, 0.25) is 0 Å². The Kier molecular flexibility index (Phi) is 7.78. The molecule has 2 heterocycles. The van der Waals surface area contributed by atoms with Crippen LogP contribution in [0.3, 0.4) is 0 Å². The number of nitrogens with one attached hydrogen (secondary N) is 1. The smallest absolute Gasteiger partial charge is 0.321 e. The quantitative estimate of drug-likeness (QED) is 0.705. The SMILES string of the molecule is CCC(CC)CC1(O)CCN(C(=O)Nc2cccc(OC3CCOCC3)c2)CC1. The first-order valence-corrected chi connectivity index (χ1v) is 11.1. The average Bonchev–Trinajstić information content (AvgIpc) is 2.73. The van der Waals surface area contributed by atoms with E-state index in [2.05, 4.69) is 19.2 Å². The summed E-state index contributed by atoms with van der Waals surface area (Å²) >= 11 is 0. The number of amides is 2. The predicted molar refractivity (Wildman–Crippen MR) is 114 cm³/mol. The van der Waals surface area contributed by atoms with Gasteiger partial charge in [0.15, 0.2) is 0 Å². The van der Waals surface area contributed by atoms with Gasteiger partial charge in [0, 0.05) is 37.7 Å². The van der Waals surface area contributed by atoms with Crippen molar-refractivity contribution in [3.8, 4) is 5.75 Å². The van der Waals surface area contributed by atoms with E-state index in [1.54, 1.807) is 4.90 Å². The molecule has 0 unspecified atom stereocenters. The molecule has 162 valence electrons. The molecule has 2 aliphatic rings. The molecule has 6 heteroatoms. The Hall–Kier alpha value is -1.79. The fourth-order valence-electron chi connectivity index (χ4n) is 4.28. The van der Waals surface area contributed by atoms with Crippen LogP contribution in [0.15, 0.2) is 24.3 Å². The van der Waals surface area contributed by atoms with Crippen LogP contribution in [0.1, 0.15) is 58.8 Å². The number of carbonyl (C=O) groups excluding carboxylic acids is 1. The Morgan fingerprint density at radius 3 is 2.62 bits per heavy atom. The molecule has 2 aliphatic heterocycles. The van der Waals surface area contributed by atoms with Crippen molar-refractivity contribution in [2.75, 3.05) is 31.6 Å². The van der Waals surface area contributed by atoms with Gasteiger partial charge in [0.05, 0.1) is 18.8 Å². The molecule has 29 heavy (non-hydrogen) atoms. The molecule has 3 rings (SSSR count). The van der Waals surface area contributed by atoms with Crippen molar-refractivity contribution in [1.29, 1.82) is 0 Å². The molecule has 2 fully saturated rings. The molecule has 1 aromatic rings. The fraction of sp³-hybridized carbons (Fsp3) is 0.696.